The first kappa shape index (κ1) is 22.1. The van der Waals surface area contributed by atoms with Gasteiger partial charge in [-0.05, 0) is 49.4 Å². The number of nitrogens with zero attached hydrogens (tertiary/aromatic N) is 2. The number of hydrogen-bond acceptors (Lipinski definition) is 7. The Morgan fingerprint density at radius 2 is 2.10 bits per heavy atom. The average molecular weight is 525 g/mol. The molecule has 1 atom stereocenters. The number of rotatable bonds is 6. The van der Waals surface area contributed by atoms with E-state index in [4.69, 9.17) is 14.7 Å². The van der Waals surface area contributed by atoms with Gasteiger partial charge in [0.1, 0.15) is 9.86 Å². The fraction of sp³-hybridized carbons (Fsp3) is 0.381. The summed E-state index contributed by atoms with van der Waals surface area (Å²) in [4.78, 5) is 24.2. The van der Waals surface area contributed by atoms with E-state index in [-0.39, 0.29) is 11.5 Å². The van der Waals surface area contributed by atoms with E-state index in [9.17, 15) is 4.79 Å². The minimum absolute atomic E-state index is 0.0504. The van der Waals surface area contributed by atoms with Crippen LogP contribution in [-0.4, -0.2) is 33.5 Å². The first-order chi connectivity index (χ1) is 14.4. The topological polar surface area (TPSA) is 64.1 Å². The third-order valence-corrected chi connectivity index (χ3v) is 8.33. The second kappa shape index (κ2) is 9.16. The number of fused-ring (bicyclic) bond motifs is 3. The van der Waals surface area contributed by atoms with E-state index >= 15 is 0 Å². The third kappa shape index (κ3) is 4.70. The average Bonchev–Trinajstić information content (AvgIpc) is 3.11. The number of thioether (sulfide) groups is 2. The van der Waals surface area contributed by atoms with E-state index in [1.165, 1.54) is 34.0 Å². The smallest absolute Gasteiger partial charge is 0.234 e. The highest BCUT2D eigenvalue weighted by atomic mass is 79.9. The van der Waals surface area contributed by atoms with Crippen molar-refractivity contribution in [1.82, 2.24) is 9.97 Å². The Hall–Kier alpha value is -1.13. The molecule has 1 aromatic carbocycles. The predicted molar refractivity (Wildman–Crippen MR) is 130 cm³/mol. The summed E-state index contributed by atoms with van der Waals surface area (Å²) in [6.45, 7) is 4.93. The van der Waals surface area contributed by atoms with Crippen LogP contribution in [0, 0.1) is 0 Å². The molecule has 1 aliphatic heterocycles. The van der Waals surface area contributed by atoms with Gasteiger partial charge in [0.15, 0.2) is 5.16 Å². The predicted octanol–water partition coefficient (Wildman–Crippen LogP) is 6.15. The number of anilines is 1. The Kier molecular flexibility index (Phi) is 6.74. The molecule has 0 fully saturated rings. The molecular weight excluding hydrogens is 502 g/mol. The highest BCUT2D eigenvalue weighted by molar-refractivity contribution is 9.10. The Balaban J connectivity index is 1.60. The molecule has 0 unspecified atom stereocenters. The van der Waals surface area contributed by atoms with Crippen molar-refractivity contribution >= 4 is 72.6 Å². The van der Waals surface area contributed by atoms with E-state index in [1.807, 2.05) is 30.5 Å². The number of carbonyl (C=O) groups excluding carboxylic acids is 1. The van der Waals surface area contributed by atoms with Gasteiger partial charge < -0.3 is 10.1 Å². The van der Waals surface area contributed by atoms with Crippen LogP contribution >= 0.6 is 50.8 Å². The minimum Gasteiger partial charge on any atom is -0.369 e. The number of nitrogens with one attached hydrogen (secondary N) is 1. The van der Waals surface area contributed by atoms with Gasteiger partial charge in [0.2, 0.25) is 5.91 Å². The number of benzene rings is 1. The van der Waals surface area contributed by atoms with Crippen molar-refractivity contribution in [2.24, 2.45) is 0 Å². The van der Waals surface area contributed by atoms with Gasteiger partial charge in [0.05, 0.1) is 18.0 Å². The zero-order valence-corrected chi connectivity index (χ0v) is 21.0. The maximum Gasteiger partial charge on any atom is 0.234 e. The molecule has 0 saturated heterocycles. The summed E-state index contributed by atoms with van der Waals surface area (Å²) in [6.07, 6.45) is 3.77. The number of amides is 1. The molecule has 3 heterocycles. The summed E-state index contributed by atoms with van der Waals surface area (Å²) in [5.41, 5.74) is 1.90. The second-order valence-electron chi connectivity index (χ2n) is 7.31. The second-order valence-corrected chi connectivity index (χ2v) is 11.0. The molecule has 1 aliphatic rings. The van der Waals surface area contributed by atoms with Crippen molar-refractivity contribution in [2.45, 2.75) is 49.1 Å². The zero-order valence-electron chi connectivity index (χ0n) is 17.0. The van der Waals surface area contributed by atoms with E-state index in [2.05, 4.69) is 35.1 Å². The van der Waals surface area contributed by atoms with Gasteiger partial charge in [-0.3, -0.25) is 4.79 Å². The summed E-state index contributed by atoms with van der Waals surface area (Å²) >= 11 is 8.09. The molecule has 2 aromatic heterocycles. The number of hydrogen-bond donors (Lipinski definition) is 1. The number of ether oxygens (including phenoxy) is 1. The van der Waals surface area contributed by atoms with Crippen LogP contribution in [0.5, 0.6) is 0 Å². The van der Waals surface area contributed by atoms with Gasteiger partial charge >= 0.3 is 0 Å². The van der Waals surface area contributed by atoms with Crippen LogP contribution in [-0.2, 0) is 22.6 Å². The fourth-order valence-corrected chi connectivity index (χ4v) is 6.07. The molecule has 1 amide bonds. The highest BCUT2D eigenvalue weighted by Crippen LogP contribution is 2.43. The minimum atomic E-state index is -0.167. The standard InChI is InChI=1S/C21H22BrN3O2S3/c1-4-21(2)9-14-15(10-27-21)30-19-17(14)18(24-20(25-19)28-3)29-11-16(26)23-13-7-5-12(22)6-8-13/h5-8H,4,9-11H2,1-3H3,(H,23,26)/t21-/m1/s1. The number of aromatic nitrogens is 2. The first-order valence-electron chi connectivity index (χ1n) is 9.59. The molecule has 5 nitrogen and oxygen atoms in total. The molecule has 0 radical (unpaired) electrons. The van der Waals surface area contributed by atoms with Crippen LogP contribution in [0.15, 0.2) is 38.9 Å². The van der Waals surface area contributed by atoms with Crippen LogP contribution in [0.25, 0.3) is 10.2 Å². The summed E-state index contributed by atoms with van der Waals surface area (Å²) in [5.74, 6) is 0.243. The molecule has 0 bridgehead atoms. The quantitative estimate of drug-likeness (QED) is 0.237. The molecule has 0 saturated carbocycles. The van der Waals surface area contributed by atoms with Crippen LogP contribution in [0.2, 0.25) is 0 Å². The van der Waals surface area contributed by atoms with E-state index in [0.29, 0.717) is 12.4 Å². The van der Waals surface area contributed by atoms with Crippen molar-refractivity contribution in [3.63, 3.8) is 0 Å². The van der Waals surface area contributed by atoms with E-state index < -0.39 is 0 Å². The van der Waals surface area contributed by atoms with E-state index in [1.54, 1.807) is 11.3 Å². The Bertz CT molecular complexity index is 1090. The Morgan fingerprint density at radius 1 is 1.33 bits per heavy atom. The third-order valence-electron chi connectivity index (χ3n) is 5.18. The molecule has 1 N–H and O–H groups in total. The lowest BCUT2D eigenvalue weighted by Crippen LogP contribution is -2.33. The van der Waals surface area contributed by atoms with E-state index in [0.717, 1.165) is 43.4 Å². The monoisotopic (exact) mass is 523 g/mol. The van der Waals surface area contributed by atoms with Gasteiger partial charge in [-0.1, -0.05) is 46.4 Å². The molecular formula is C21H22BrN3O2S3. The Morgan fingerprint density at radius 3 is 2.80 bits per heavy atom. The van der Waals surface area contributed by atoms with Gasteiger partial charge in [-0.2, -0.15) is 0 Å². The van der Waals surface area contributed by atoms with Crippen molar-refractivity contribution < 1.29 is 9.53 Å². The van der Waals surface area contributed by atoms with Crippen molar-refractivity contribution in [3.8, 4) is 0 Å². The SMILES string of the molecule is CC[C@]1(C)Cc2c(sc3nc(SC)nc(SCC(=O)Nc4ccc(Br)cc4)c23)CO1. The molecule has 0 spiro atoms. The van der Waals surface area contributed by atoms with Crippen LogP contribution in [0.4, 0.5) is 5.69 Å². The number of halogens is 1. The largest absolute Gasteiger partial charge is 0.369 e. The lowest BCUT2D eigenvalue weighted by atomic mass is 9.90. The summed E-state index contributed by atoms with van der Waals surface area (Å²) in [5, 5.41) is 5.66. The van der Waals surface area contributed by atoms with Crippen LogP contribution in [0.1, 0.15) is 30.7 Å². The summed E-state index contributed by atoms with van der Waals surface area (Å²) < 4.78 is 7.10. The van der Waals surface area contributed by atoms with Crippen molar-refractivity contribution in [2.75, 3.05) is 17.3 Å². The zero-order chi connectivity index (χ0) is 21.3. The first-order valence-corrected chi connectivity index (χ1v) is 13.4. The van der Waals surface area contributed by atoms with Crippen molar-refractivity contribution in [1.29, 1.82) is 0 Å². The maximum atomic E-state index is 12.5. The highest BCUT2D eigenvalue weighted by Gasteiger charge is 2.33. The van der Waals surface area contributed by atoms with Gasteiger partial charge in [-0.25, -0.2) is 9.97 Å². The van der Waals surface area contributed by atoms with Gasteiger partial charge in [-0.15, -0.1) is 11.3 Å². The lowest BCUT2D eigenvalue weighted by Gasteiger charge is -2.33. The van der Waals surface area contributed by atoms with Crippen LogP contribution in [0.3, 0.4) is 0 Å². The van der Waals surface area contributed by atoms with Gasteiger partial charge in [0.25, 0.3) is 0 Å². The van der Waals surface area contributed by atoms with Crippen LogP contribution < -0.4 is 5.32 Å². The summed E-state index contributed by atoms with van der Waals surface area (Å²) in [6, 6.07) is 7.57. The maximum absolute atomic E-state index is 12.5. The normalized spacial score (nSPS) is 18.4. The molecule has 158 valence electrons. The fourth-order valence-electron chi connectivity index (χ4n) is 3.31. The lowest BCUT2D eigenvalue weighted by molar-refractivity contribution is -0.113. The Labute approximate surface area is 196 Å². The molecule has 9 heteroatoms. The van der Waals surface area contributed by atoms with Gasteiger partial charge in [0, 0.05) is 26.8 Å². The van der Waals surface area contributed by atoms with Crippen molar-refractivity contribution in [3.05, 3.63) is 39.2 Å². The molecule has 3 aromatic rings. The number of carbonyl (C=O) groups is 1. The number of thiophene rings is 1. The molecule has 0 aliphatic carbocycles. The molecule has 30 heavy (non-hydrogen) atoms. The summed E-state index contributed by atoms with van der Waals surface area (Å²) in [7, 11) is 0. The molecule has 4 rings (SSSR count).